The van der Waals surface area contributed by atoms with Crippen molar-refractivity contribution in [2.45, 2.75) is 6.92 Å². The summed E-state index contributed by atoms with van der Waals surface area (Å²) in [4.78, 5) is 0. The van der Waals surface area contributed by atoms with Gasteiger partial charge >= 0.3 is 10.2 Å². The zero-order valence-electron chi connectivity index (χ0n) is 9.15. The first kappa shape index (κ1) is 13.1. The maximum Gasteiger partial charge on any atom is 0.301 e. The molecule has 0 bridgehead atoms. The fourth-order valence-corrected chi connectivity index (χ4v) is 1.93. The summed E-state index contributed by atoms with van der Waals surface area (Å²) in [5, 5.41) is 10.0. The molecule has 1 aromatic rings. The lowest BCUT2D eigenvalue weighted by atomic mass is 10.2. The standard InChI is InChI=1S/C9H13ClN2O3S/c1-6-4-7(10)5-8(9(6)13)11-16(14,15)12(2)3/h4-5,11,13H,1-3H3. The fourth-order valence-electron chi connectivity index (χ4n) is 1.04. The van der Waals surface area contributed by atoms with Gasteiger partial charge in [0.15, 0.2) is 0 Å². The van der Waals surface area contributed by atoms with Crippen molar-refractivity contribution in [3.63, 3.8) is 0 Å². The summed E-state index contributed by atoms with van der Waals surface area (Å²) in [7, 11) is -0.871. The molecule has 2 N–H and O–H groups in total. The lowest BCUT2D eigenvalue weighted by Crippen LogP contribution is -2.29. The number of hydrogen-bond donors (Lipinski definition) is 2. The first-order chi connectivity index (χ1) is 7.24. The van der Waals surface area contributed by atoms with E-state index in [2.05, 4.69) is 4.72 Å². The molecule has 0 unspecified atom stereocenters. The van der Waals surface area contributed by atoms with E-state index in [-0.39, 0.29) is 11.4 Å². The highest BCUT2D eigenvalue weighted by molar-refractivity contribution is 7.90. The van der Waals surface area contributed by atoms with E-state index < -0.39 is 10.2 Å². The van der Waals surface area contributed by atoms with Crippen LogP contribution in [0, 0.1) is 6.92 Å². The molecule has 16 heavy (non-hydrogen) atoms. The van der Waals surface area contributed by atoms with E-state index >= 15 is 0 Å². The van der Waals surface area contributed by atoms with Crippen LogP contribution in [0.15, 0.2) is 12.1 Å². The molecule has 0 aliphatic carbocycles. The van der Waals surface area contributed by atoms with Gasteiger partial charge in [0, 0.05) is 19.1 Å². The number of aryl methyl sites for hydroxylation is 1. The quantitative estimate of drug-likeness (QED) is 0.815. The summed E-state index contributed by atoms with van der Waals surface area (Å²) >= 11 is 5.77. The highest BCUT2D eigenvalue weighted by atomic mass is 35.5. The monoisotopic (exact) mass is 264 g/mol. The van der Waals surface area contributed by atoms with Crippen LogP contribution >= 0.6 is 11.6 Å². The summed E-state index contributed by atoms with van der Waals surface area (Å²) < 4.78 is 26.3. The highest BCUT2D eigenvalue weighted by Crippen LogP contribution is 2.31. The third-order valence-electron chi connectivity index (χ3n) is 1.98. The molecular formula is C9H13ClN2O3S. The molecule has 90 valence electrons. The van der Waals surface area contributed by atoms with Crippen LogP contribution in [-0.2, 0) is 10.2 Å². The summed E-state index contributed by atoms with van der Waals surface area (Å²) in [6.45, 7) is 1.63. The molecule has 0 fully saturated rings. The minimum Gasteiger partial charge on any atom is -0.505 e. The summed E-state index contributed by atoms with van der Waals surface area (Å²) in [6, 6.07) is 2.90. The molecular weight excluding hydrogens is 252 g/mol. The Hall–Kier alpha value is -0.980. The van der Waals surface area contributed by atoms with Crippen molar-refractivity contribution >= 4 is 27.5 Å². The molecule has 0 aliphatic heterocycles. The van der Waals surface area contributed by atoms with Gasteiger partial charge < -0.3 is 5.11 Å². The van der Waals surface area contributed by atoms with Gasteiger partial charge in [0.2, 0.25) is 0 Å². The third-order valence-corrected chi connectivity index (χ3v) is 3.64. The Balaban J connectivity index is 3.17. The maximum absolute atomic E-state index is 11.5. The molecule has 0 heterocycles. The molecule has 1 rings (SSSR count). The molecule has 0 amide bonds. The summed E-state index contributed by atoms with van der Waals surface area (Å²) in [5.41, 5.74) is 0.572. The fraction of sp³-hybridized carbons (Fsp3) is 0.333. The highest BCUT2D eigenvalue weighted by Gasteiger charge is 2.16. The molecule has 0 aliphatic rings. The van der Waals surface area contributed by atoms with E-state index in [1.54, 1.807) is 13.0 Å². The van der Waals surface area contributed by atoms with Gasteiger partial charge in [-0.05, 0) is 24.6 Å². The smallest absolute Gasteiger partial charge is 0.301 e. The van der Waals surface area contributed by atoms with E-state index in [1.807, 2.05) is 0 Å². The number of nitrogens with zero attached hydrogens (tertiary/aromatic N) is 1. The zero-order valence-corrected chi connectivity index (χ0v) is 10.7. The number of phenols is 1. The van der Waals surface area contributed by atoms with Gasteiger partial charge in [-0.25, -0.2) is 0 Å². The molecule has 1 aromatic carbocycles. The average Bonchev–Trinajstić information content (AvgIpc) is 2.12. The summed E-state index contributed by atoms with van der Waals surface area (Å²) in [5.74, 6) is -0.130. The largest absolute Gasteiger partial charge is 0.505 e. The Morgan fingerprint density at radius 3 is 2.44 bits per heavy atom. The number of halogens is 1. The maximum atomic E-state index is 11.5. The van der Waals surface area contributed by atoms with Crippen molar-refractivity contribution in [1.82, 2.24) is 4.31 Å². The molecule has 5 nitrogen and oxygen atoms in total. The number of nitrogens with one attached hydrogen (secondary N) is 1. The van der Waals surface area contributed by atoms with Crippen molar-refractivity contribution in [3.05, 3.63) is 22.7 Å². The van der Waals surface area contributed by atoms with Crippen molar-refractivity contribution in [1.29, 1.82) is 0 Å². The number of anilines is 1. The van der Waals surface area contributed by atoms with Gasteiger partial charge in [0.25, 0.3) is 0 Å². The van der Waals surface area contributed by atoms with Gasteiger partial charge in [-0.3, -0.25) is 4.72 Å². The Morgan fingerprint density at radius 1 is 1.38 bits per heavy atom. The molecule has 0 atom stereocenters. The second-order valence-electron chi connectivity index (χ2n) is 3.51. The van der Waals surface area contributed by atoms with Crippen molar-refractivity contribution in [2.75, 3.05) is 18.8 Å². The van der Waals surface area contributed by atoms with Crippen LogP contribution in [0.1, 0.15) is 5.56 Å². The lowest BCUT2D eigenvalue weighted by Gasteiger charge is -2.15. The summed E-state index contributed by atoms with van der Waals surface area (Å²) in [6.07, 6.45) is 0. The van der Waals surface area contributed by atoms with Crippen LogP contribution in [0.3, 0.4) is 0 Å². The molecule has 0 saturated heterocycles. The Bertz CT molecular complexity index is 500. The van der Waals surface area contributed by atoms with Crippen LogP contribution in [0.4, 0.5) is 5.69 Å². The zero-order chi connectivity index (χ0) is 12.5. The number of rotatable bonds is 3. The van der Waals surface area contributed by atoms with Crippen LogP contribution in [0.2, 0.25) is 5.02 Å². The number of hydrogen-bond acceptors (Lipinski definition) is 3. The van der Waals surface area contributed by atoms with E-state index in [0.717, 1.165) is 4.31 Å². The number of aromatic hydroxyl groups is 1. The first-order valence-electron chi connectivity index (χ1n) is 4.43. The average molecular weight is 265 g/mol. The number of benzene rings is 1. The Kier molecular flexibility index (Phi) is 3.67. The van der Waals surface area contributed by atoms with Gasteiger partial charge in [-0.2, -0.15) is 12.7 Å². The van der Waals surface area contributed by atoms with Crippen molar-refractivity contribution in [2.24, 2.45) is 0 Å². The normalized spacial score (nSPS) is 11.8. The minimum absolute atomic E-state index is 0.0682. The second-order valence-corrected chi connectivity index (χ2v) is 5.83. The van der Waals surface area contributed by atoms with Crippen LogP contribution in [-0.4, -0.2) is 31.9 Å². The first-order valence-corrected chi connectivity index (χ1v) is 6.25. The van der Waals surface area contributed by atoms with Crippen LogP contribution in [0.25, 0.3) is 0 Å². The lowest BCUT2D eigenvalue weighted by molar-refractivity contribution is 0.473. The van der Waals surface area contributed by atoms with E-state index in [0.29, 0.717) is 10.6 Å². The van der Waals surface area contributed by atoms with Gasteiger partial charge in [-0.15, -0.1) is 0 Å². The predicted octanol–water partition coefficient (Wildman–Crippen LogP) is 1.57. The predicted molar refractivity (Wildman–Crippen MR) is 64.1 cm³/mol. The van der Waals surface area contributed by atoms with Crippen molar-refractivity contribution < 1.29 is 13.5 Å². The van der Waals surface area contributed by atoms with E-state index in [9.17, 15) is 13.5 Å². The molecule has 0 aromatic heterocycles. The Labute approximate surface area is 99.8 Å². The molecule has 0 spiro atoms. The minimum atomic E-state index is -3.64. The second kappa shape index (κ2) is 4.48. The number of phenolic OH excluding ortho intramolecular Hbond substituents is 1. The van der Waals surface area contributed by atoms with E-state index in [1.165, 1.54) is 20.2 Å². The van der Waals surface area contributed by atoms with E-state index in [4.69, 9.17) is 11.6 Å². The third kappa shape index (κ3) is 2.78. The van der Waals surface area contributed by atoms with Gasteiger partial charge in [0.05, 0.1) is 5.69 Å². The Morgan fingerprint density at radius 2 is 1.94 bits per heavy atom. The van der Waals surface area contributed by atoms with Gasteiger partial charge in [0.1, 0.15) is 5.75 Å². The topological polar surface area (TPSA) is 69.6 Å². The SMILES string of the molecule is Cc1cc(Cl)cc(NS(=O)(=O)N(C)C)c1O. The molecule has 7 heteroatoms. The van der Waals surface area contributed by atoms with Crippen LogP contribution < -0.4 is 4.72 Å². The molecule has 0 saturated carbocycles. The van der Waals surface area contributed by atoms with Gasteiger partial charge in [-0.1, -0.05) is 11.6 Å². The van der Waals surface area contributed by atoms with Crippen molar-refractivity contribution in [3.8, 4) is 5.75 Å². The molecule has 0 radical (unpaired) electrons. The van der Waals surface area contributed by atoms with Crippen LogP contribution in [0.5, 0.6) is 5.75 Å².